The quantitative estimate of drug-likeness (QED) is 0.606. The van der Waals surface area contributed by atoms with Gasteiger partial charge in [-0.3, -0.25) is 0 Å². The summed E-state index contributed by atoms with van der Waals surface area (Å²) in [6, 6.07) is 6.12. The van der Waals surface area contributed by atoms with Gasteiger partial charge in [-0.1, -0.05) is 13.0 Å². The van der Waals surface area contributed by atoms with Crippen molar-refractivity contribution in [3.8, 4) is 0 Å². The Morgan fingerprint density at radius 2 is 2.08 bits per heavy atom. The molecule has 0 bridgehead atoms. The van der Waals surface area contributed by atoms with E-state index in [1.54, 1.807) is 0 Å². The van der Waals surface area contributed by atoms with Crippen LogP contribution in [0.25, 0.3) is 0 Å². The topological polar surface area (TPSA) is 43.4 Å². The number of carbonyl (C=O) groups excluding carboxylic acids is 2. The molecule has 0 unspecified atom stereocenters. The number of hydrogen-bond acceptors (Lipinski definition) is 3. The van der Waals surface area contributed by atoms with Crippen LogP contribution in [0.4, 0.5) is 0 Å². The second kappa shape index (κ2) is 5.72. The summed E-state index contributed by atoms with van der Waals surface area (Å²) >= 11 is 0. The summed E-state index contributed by atoms with van der Waals surface area (Å²) in [6.07, 6.45) is 8.05. The summed E-state index contributed by atoms with van der Waals surface area (Å²) in [6.45, 7) is 2.36. The zero-order chi connectivity index (χ0) is 16.9. The lowest BCUT2D eigenvalue weighted by molar-refractivity contribution is -0.115. The Morgan fingerprint density at radius 1 is 1.25 bits per heavy atom. The minimum atomic E-state index is -0.249. The maximum absolute atomic E-state index is 11.8. The van der Waals surface area contributed by atoms with Crippen molar-refractivity contribution < 1.29 is 14.3 Å². The van der Waals surface area contributed by atoms with Crippen LogP contribution in [0.2, 0.25) is 0 Å². The van der Waals surface area contributed by atoms with Gasteiger partial charge < -0.3 is 9.53 Å². The van der Waals surface area contributed by atoms with E-state index in [4.69, 9.17) is 4.74 Å². The fourth-order valence-electron chi connectivity index (χ4n) is 6.09. The summed E-state index contributed by atoms with van der Waals surface area (Å²) in [5, 5.41) is 0. The molecule has 0 saturated heterocycles. The molecule has 3 aliphatic carbocycles. The molecule has 2 saturated carbocycles. The Labute approximate surface area is 143 Å². The highest BCUT2D eigenvalue weighted by Gasteiger charge is 2.54. The first-order valence-corrected chi connectivity index (χ1v) is 9.25. The average Bonchev–Trinajstić information content (AvgIpc) is 2.96. The highest BCUT2D eigenvalue weighted by atomic mass is 16.5. The lowest BCUT2D eigenvalue weighted by Crippen LogP contribution is -2.42. The summed E-state index contributed by atoms with van der Waals surface area (Å²) < 4.78 is 4.86. The second-order valence-electron chi connectivity index (χ2n) is 8.19. The van der Waals surface area contributed by atoms with Gasteiger partial charge in [0.15, 0.2) is 0 Å². The van der Waals surface area contributed by atoms with Crippen LogP contribution in [-0.4, -0.2) is 19.4 Å². The first kappa shape index (κ1) is 15.9. The Kier molecular flexibility index (Phi) is 3.78. The van der Waals surface area contributed by atoms with Gasteiger partial charge in [-0.25, -0.2) is 4.79 Å². The number of carbonyl (C=O) groups is 2. The Balaban J connectivity index is 1.65. The Morgan fingerprint density at radius 3 is 2.83 bits per heavy atom. The monoisotopic (exact) mass is 326 g/mol. The van der Waals surface area contributed by atoms with Crippen molar-refractivity contribution >= 4 is 12.3 Å². The molecule has 1 aromatic carbocycles. The number of esters is 1. The lowest BCUT2D eigenvalue weighted by Gasteiger charge is -2.50. The van der Waals surface area contributed by atoms with E-state index in [9.17, 15) is 9.59 Å². The minimum absolute atomic E-state index is 0.215. The third-order valence-electron chi connectivity index (χ3n) is 7.39. The molecule has 0 spiro atoms. The van der Waals surface area contributed by atoms with E-state index in [0.717, 1.165) is 19.3 Å². The SMILES string of the molecule is COC(=O)c1ccc2c(c1)CC[C@@H]1[C@@H]2CC[C@]2(C)[C@@H](C=O)CC[C@@H]12. The van der Waals surface area contributed by atoms with Crippen molar-refractivity contribution in [3.63, 3.8) is 0 Å². The van der Waals surface area contributed by atoms with E-state index in [1.165, 1.54) is 43.8 Å². The number of hydrogen-bond donors (Lipinski definition) is 0. The fraction of sp³-hybridized carbons (Fsp3) is 0.619. The molecular formula is C21H26O3. The number of benzene rings is 1. The number of ether oxygens (including phenoxy) is 1. The zero-order valence-electron chi connectivity index (χ0n) is 14.6. The average molecular weight is 326 g/mol. The van der Waals surface area contributed by atoms with Gasteiger partial charge in [0.1, 0.15) is 6.29 Å². The molecule has 1 aromatic rings. The van der Waals surface area contributed by atoms with Gasteiger partial charge in [0, 0.05) is 5.92 Å². The normalized spacial score (nSPS) is 37.1. The molecule has 3 aliphatic rings. The molecule has 0 aromatic heterocycles. The van der Waals surface area contributed by atoms with Crippen molar-refractivity contribution in [2.75, 3.05) is 7.11 Å². The summed E-state index contributed by atoms with van der Waals surface area (Å²) in [5.74, 6) is 1.99. The minimum Gasteiger partial charge on any atom is -0.465 e. The predicted octanol–water partition coefficient (Wildman–Crippen LogP) is 4.14. The van der Waals surface area contributed by atoms with Gasteiger partial charge in [0.25, 0.3) is 0 Å². The first-order chi connectivity index (χ1) is 11.6. The van der Waals surface area contributed by atoms with Crippen molar-refractivity contribution in [1.29, 1.82) is 0 Å². The molecule has 5 atom stereocenters. The van der Waals surface area contributed by atoms with E-state index in [2.05, 4.69) is 13.0 Å². The third-order valence-corrected chi connectivity index (χ3v) is 7.39. The zero-order valence-corrected chi connectivity index (χ0v) is 14.6. The number of rotatable bonds is 2. The largest absolute Gasteiger partial charge is 0.465 e. The highest BCUT2D eigenvalue weighted by Crippen LogP contribution is 2.62. The smallest absolute Gasteiger partial charge is 0.337 e. The number of aryl methyl sites for hydroxylation is 1. The first-order valence-electron chi connectivity index (χ1n) is 9.25. The molecule has 24 heavy (non-hydrogen) atoms. The van der Waals surface area contributed by atoms with Crippen LogP contribution in [-0.2, 0) is 16.0 Å². The summed E-state index contributed by atoms with van der Waals surface area (Å²) in [5.41, 5.74) is 3.65. The van der Waals surface area contributed by atoms with Crippen molar-refractivity contribution in [3.05, 3.63) is 34.9 Å². The molecule has 3 nitrogen and oxygen atoms in total. The van der Waals surface area contributed by atoms with E-state index >= 15 is 0 Å². The molecule has 0 radical (unpaired) electrons. The summed E-state index contributed by atoms with van der Waals surface area (Å²) in [7, 11) is 1.43. The number of methoxy groups -OCH3 is 1. The Hall–Kier alpha value is -1.64. The molecule has 4 rings (SSSR count). The van der Waals surface area contributed by atoms with Crippen LogP contribution in [0.5, 0.6) is 0 Å². The lowest BCUT2D eigenvalue weighted by atomic mass is 9.54. The summed E-state index contributed by atoms with van der Waals surface area (Å²) in [4.78, 5) is 23.3. The van der Waals surface area contributed by atoms with E-state index in [-0.39, 0.29) is 17.3 Å². The highest BCUT2D eigenvalue weighted by molar-refractivity contribution is 5.89. The van der Waals surface area contributed by atoms with Gasteiger partial charge in [0.05, 0.1) is 12.7 Å². The standard InChI is InChI=1S/C21H26O3/c1-21-10-9-17-16-6-4-14(20(23)24-2)11-13(16)3-7-18(17)19(21)8-5-15(21)12-22/h4,6,11-12,15,17-19H,3,5,7-10H2,1-2H3/t15-,17-,18-,19+,21-/m1/s1. The van der Waals surface area contributed by atoms with Crippen molar-refractivity contribution in [2.24, 2.45) is 23.2 Å². The van der Waals surface area contributed by atoms with Crippen LogP contribution in [0.1, 0.15) is 66.4 Å². The van der Waals surface area contributed by atoms with Crippen LogP contribution in [0.3, 0.4) is 0 Å². The van der Waals surface area contributed by atoms with Crippen LogP contribution < -0.4 is 0 Å². The molecule has 0 N–H and O–H groups in total. The molecule has 0 aliphatic heterocycles. The van der Waals surface area contributed by atoms with Gasteiger partial charge in [-0.2, -0.15) is 0 Å². The van der Waals surface area contributed by atoms with E-state index < -0.39 is 0 Å². The Bertz CT molecular complexity index is 680. The second-order valence-corrected chi connectivity index (χ2v) is 8.19. The van der Waals surface area contributed by atoms with Gasteiger partial charge in [-0.05, 0) is 85.0 Å². The van der Waals surface area contributed by atoms with Crippen molar-refractivity contribution in [2.45, 2.75) is 51.4 Å². The van der Waals surface area contributed by atoms with E-state index in [0.29, 0.717) is 23.3 Å². The van der Waals surface area contributed by atoms with Crippen LogP contribution in [0.15, 0.2) is 18.2 Å². The van der Waals surface area contributed by atoms with Crippen LogP contribution >= 0.6 is 0 Å². The predicted molar refractivity (Wildman–Crippen MR) is 92.0 cm³/mol. The fourth-order valence-corrected chi connectivity index (χ4v) is 6.09. The third kappa shape index (κ3) is 2.17. The molecule has 0 amide bonds. The van der Waals surface area contributed by atoms with E-state index in [1.807, 2.05) is 12.1 Å². The van der Waals surface area contributed by atoms with Gasteiger partial charge in [0.2, 0.25) is 0 Å². The molecule has 2 fully saturated rings. The molecule has 3 heteroatoms. The molecule has 128 valence electrons. The number of aldehydes is 1. The maximum atomic E-state index is 11.8. The molecule has 0 heterocycles. The van der Waals surface area contributed by atoms with Crippen molar-refractivity contribution in [1.82, 2.24) is 0 Å². The molecular weight excluding hydrogens is 300 g/mol. The van der Waals surface area contributed by atoms with Crippen LogP contribution in [0, 0.1) is 23.2 Å². The van der Waals surface area contributed by atoms with Gasteiger partial charge in [-0.15, -0.1) is 0 Å². The maximum Gasteiger partial charge on any atom is 0.337 e. The number of fused-ring (bicyclic) bond motifs is 5. The van der Waals surface area contributed by atoms with Gasteiger partial charge >= 0.3 is 5.97 Å².